The highest BCUT2D eigenvalue weighted by Gasteiger charge is 2.14. The molecular formula is C29H22F4O. The Labute approximate surface area is 196 Å². The number of ether oxygens (including phenoxy) is 1. The molecule has 4 aromatic carbocycles. The van der Waals surface area contributed by atoms with Crippen molar-refractivity contribution in [1.82, 2.24) is 0 Å². The predicted octanol–water partition coefficient (Wildman–Crippen LogP) is 8.03. The Morgan fingerprint density at radius 2 is 1.26 bits per heavy atom. The molecule has 0 saturated carbocycles. The second-order valence-electron chi connectivity index (χ2n) is 7.97. The molecular weight excluding hydrogens is 440 g/mol. The smallest absolute Gasteiger partial charge is 0.159 e. The lowest BCUT2D eigenvalue weighted by molar-refractivity contribution is 0.303. The molecule has 0 aliphatic heterocycles. The van der Waals surface area contributed by atoms with E-state index in [0.717, 1.165) is 31.4 Å². The van der Waals surface area contributed by atoms with Crippen LogP contribution in [0.3, 0.4) is 0 Å². The molecule has 0 heterocycles. The maximum atomic E-state index is 14.6. The van der Waals surface area contributed by atoms with Gasteiger partial charge in [0.15, 0.2) is 11.6 Å². The van der Waals surface area contributed by atoms with Crippen molar-refractivity contribution in [2.75, 3.05) is 6.61 Å². The van der Waals surface area contributed by atoms with Crippen LogP contribution in [-0.2, 0) is 0 Å². The van der Waals surface area contributed by atoms with Crippen LogP contribution in [0, 0.1) is 35.1 Å². The Morgan fingerprint density at radius 1 is 0.647 bits per heavy atom. The first kappa shape index (κ1) is 23.4. The number of hydrogen-bond acceptors (Lipinski definition) is 1. The lowest BCUT2D eigenvalue weighted by atomic mass is 10.0. The molecule has 0 unspecified atom stereocenters. The fourth-order valence-corrected chi connectivity index (χ4v) is 3.64. The Morgan fingerprint density at radius 3 is 1.94 bits per heavy atom. The first-order chi connectivity index (χ1) is 16.4. The van der Waals surface area contributed by atoms with Gasteiger partial charge in [-0.25, -0.2) is 17.6 Å². The van der Waals surface area contributed by atoms with E-state index in [-0.39, 0.29) is 11.3 Å². The minimum atomic E-state index is -0.913. The molecule has 0 N–H and O–H groups in total. The molecule has 0 saturated heterocycles. The highest BCUT2D eigenvalue weighted by Crippen LogP contribution is 2.30. The SMILES string of the molecule is CCCCCOc1cc(F)c(-c2ccc(C#Cc3ccc4cc(F)c(F)cc4c3)cc2)c(F)c1. The molecule has 4 rings (SSSR count). The summed E-state index contributed by atoms with van der Waals surface area (Å²) in [4.78, 5) is 0. The fourth-order valence-electron chi connectivity index (χ4n) is 3.64. The van der Waals surface area contributed by atoms with E-state index in [9.17, 15) is 17.6 Å². The molecule has 0 aliphatic rings. The van der Waals surface area contributed by atoms with Gasteiger partial charge < -0.3 is 4.74 Å². The van der Waals surface area contributed by atoms with Crippen LogP contribution in [0.25, 0.3) is 21.9 Å². The number of fused-ring (bicyclic) bond motifs is 1. The van der Waals surface area contributed by atoms with Crippen molar-refractivity contribution >= 4 is 10.8 Å². The number of rotatable bonds is 6. The first-order valence-electron chi connectivity index (χ1n) is 11.1. The predicted molar refractivity (Wildman–Crippen MR) is 127 cm³/mol. The summed E-state index contributed by atoms with van der Waals surface area (Å²) in [6.45, 7) is 2.49. The van der Waals surface area contributed by atoms with Gasteiger partial charge in [0, 0.05) is 23.3 Å². The largest absolute Gasteiger partial charge is 0.493 e. The molecule has 0 spiro atoms. The van der Waals surface area contributed by atoms with E-state index in [2.05, 4.69) is 18.8 Å². The molecule has 0 radical (unpaired) electrons. The van der Waals surface area contributed by atoms with Crippen molar-refractivity contribution < 1.29 is 22.3 Å². The molecule has 34 heavy (non-hydrogen) atoms. The highest BCUT2D eigenvalue weighted by molar-refractivity contribution is 5.84. The first-order valence-corrected chi connectivity index (χ1v) is 11.1. The third-order valence-corrected chi connectivity index (χ3v) is 5.44. The monoisotopic (exact) mass is 462 g/mol. The van der Waals surface area contributed by atoms with Gasteiger partial charge in [-0.3, -0.25) is 0 Å². The van der Waals surface area contributed by atoms with Gasteiger partial charge in [-0.05, 0) is 59.2 Å². The van der Waals surface area contributed by atoms with Crippen LogP contribution in [0.1, 0.15) is 37.3 Å². The summed E-state index contributed by atoms with van der Waals surface area (Å²) >= 11 is 0. The highest BCUT2D eigenvalue weighted by atomic mass is 19.2. The third kappa shape index (κ3) is 5.40. The quantitative estimate of drug-likeness (QED) is 0.160. The maximum Gasteiger partial charge on any atom is 0.159 e. The Bertz CT molecular complexity index is 1360. The van der Waals surface area contributed by atoms with Crippen LogP contribution in [0.5, 0.6) is 5.75 Å². The number of halogens is 4. The van der Waals surface area contributed by atoms with Gasteiger partial charge >= 0.3 is 0 Å². The van der Waals surface area contributed by atoms with E-state index in [0.29, 0.717) is 34.1 Å². The van der Waals surface area contributed by atoms with Crippen LogP contribution in [-0.4, -0.2) is 6.61 Å². The normalized spacial score (nSPS) is 10.7. The zero-order valence-electron chi connectivity index (χ0n) is 18.6. The zero-order chi connectivity index (χ0) is 24.1. The van der Waals surface area contributed by atoms with Crippen molar-refractivity contribution in [2.45, 2.75) is 26.2 Å². The van der Waals surface area contributed by atoms with Crippen molar-refractivity contribution in [1.29, 1.82) is 0 Å². The van der Waals surface area contributed by atoms with E-state index in [1.54, 1.807) is 42.5 Å². The molecule has 0 atom stereocenters. The standard InChI is InChI=1S/C29H22F4O/c1-2-3-4-13-34-24-17-27(32)29(28(33)18-24)21-10-7-19(8-11-21)5-6-20-9-12-22-15-25(30)26(31)16-23(22)14-20/h7-12,14-18H,2-4,13H2,1H3. The van der Waals surface area contributed by atoms with Crippen molar-refractivity contribution in [3.8, 4) is 28.7 Å². The summed E-state index contributed by atoms with van der Waals surface area (Å²) in [5.74, 6) is 2.94. The number of benzene rings is 4. The molecule has 5 heteroatoms. The van der Waals surface area contributed by atoms with Gasteiger partial charge in [0.05, 0.1) is 12.2 Å². The Kier molecular flexibility index (Phi) is 7.18. The minimum Gasteiger partial charge on any atom is -0.493 e. The summed E-state index contributed by atoms with van der Waals surface area (Å²) < 4.78 is 61.6. The van der Waals surface area contributed by atoms with Crippen molar-refractivity contribution in [3.05, 3.63) is 101 Å². The van der Waals surface area contributed by atoms with Gasteiger partial charge in [-0.15, -0.1) is 0 Å². The van der Waals surface area contributed by atoms with E-state index >= 15 is 0 Å². The van der Waals surface area contributed by atoms with Crippen LogP contribution >= 0.6 is 0 Å². The minimum absolute atomic E-state index is 0.121. The van der Waals surface area contributed by atoms with Crippen molar-refractivity contribution in [3.63, 3.8) is 0 Å². The second-order valence-corrected chi connectivity index (χ2v) is 7.97. The van der Waals surface area contributed by atoms with E-state index in [1.807, 2.05) is 0 Å². The Hall–Kier alpha value is -3.78. The van der Waals surface area contributed by atoms with Crippen LogP contribution < -0.4 is 4.74 Å². The average Bonchev–Trinajstić information content (AvgIpc) is 2.82. The van der Waals surface area contributed by atoms with E-state index in [4.69, 9.17) is 4.74 Å². The van der Waals surface area contributed by atoms with Crippen LogP contribution in [0.4, 0.5) is 17.6 Å². The van der Waals surface area contributed by atoms with Gasteiger partial charge in [0.1, 0.15) is 17.4 Å². The van der Waals surface area contributed by atoms with Gasteiger partial charge in [-0.1, -0.05) is 49.8 Å². The molecule has 0 fully saturated rings. The number of hydrogen-bond donors (Lipinski definition) is 0. The summed E-state index contributed by atoms with van der Waals surface area (Å²) in [5.41, 5.74) is 1.55. The summed E-state index contributed by atoms with van der Waals surface area (Å²) in [7, 11) is 0. The fraction of sp³-hybridized carbons (Fsp3) is 0.172. The zero-order valence-corrected chi connectivity index (χ0v) is 18.6. The summed E-state index contributed by atoms with van der Waals surface area (Å²) in [6.07, 6.45) is 2.87. The maximum absolute atomic E-state index is 14.6. The molecule has 0 aliphatic carbocycles. The van der Waals surface area contributed by atoms with Gasteiger partial charge in [0.2, 0.25) is 0 Å². The van der Waals surface area contributed by atoms with E-state index in [1.165, 1.54) is 12.1 Å². The second kappa shape index (κ2) is 10.4. The van der Waals surface area contributed by atoms with Crippen LogP contribution in [0.2, 0.25) is 0 Å². The molecule has 0 amide bonds. The molecule has 1 nitrogen and oxygen atoms in total. The topological polar surface area (TPSA) is 9.23 Å². The number of unbranched alkanes of at least 4 members (excludes halogenated alkanes) is 2. The molecule has 0 bridgehead atoms. The summed E-state index contributed by atoms with van der Waals surface area (Å²) in [6, 6.07) is 16.3. The van der Waals surface area contributed by atoms with E-state index < -0.39 is 23.3 Å². The van der Waals surface area contributed by atoms with Crippen LogP contribution in [0.15, 0.2) is 66.7 Å². The Balaban J connectivity index is 1.51. The van der Waals surface area contributed by atoms with Gasteiger partial charge in [0.25, 0.3) is 0 Å². The van der Waals surface area contributed by atoms with Gasteiger partial charge in [-0.2, -0.15) is 0 Å². The third-order valence-electron chi connectivity index (χ3n) is 5.44. The molecule has 0 aromatic heterocycles. The summed E-state index contributed by atoms with van der Waals surface area (Å²) in [5, 5.41) is 1.13. The van der Waals surface area contributed by atoms with Crippen molar-refractivity contribution in [2.24, 2.45) is 0 Å². The average molecular weight is 462 g/mol. The molecule has 4 aromatic rings. The lowest BCUT2D eigenvalue weighted by Crippen LogP contribution is -1.99. The molecule has 172 valence electrons. The lowest BCUT2D eigenvalue weighted by Gasteiger charge is -2.10.